The Kier molecular flexibility index (Phi) is 4.31. The van der Waals surface area contributed by atoms with E-state index in [9.17, 15) is 5.11 Å². The summed E-state index contributed by atoms with van der Waals surface area (Å²) in [6.07, 6.45) is 2.48. The van der Waals surface area contributed by atoms with Gasteiger partial charge in [-0.25, -0.2) is 0 Å². The fourth-order valence-corrected chi connectivity index (χ4v) is 2.33. The number of hydrogen-bond donors (Lipinski definition) is 2. The van der Waals surface area contributed by atoms with Crippen LogP contribution in [0.3, 0.4) is 0 Å². The van der Waals surface area contributed by atoms with Crippen LogP contribution >= 0.6 is 0 Å². The van der Waals surface area contributed by atoms with Gasteiger partial charge in [0.25, 0.3) is 0 Å². The summed E-state index contributed by atoms with van der Waals surface area (Å²) in [7, 11) is 3.73. The van der Waals surface area contributed by atoms with Crippen LogP contribution < -0.4 is 10.1 Å². The van der Waals surface area contributed by atoms with Crippen molar-refractivity contribution in [2.45, 2.75) is 12.8 Å². The number of likely N-dealkylation sites (tertiary alicyclic amines) is 1. The number of rotatable bonds is 4. The third kappa shape index (κ3) is 3.29. The lowest BCUT2D eigenvalue weighted by atomic mass is 9.97. The minimum Gasteiger partial charge on any atom is -0.504 e. The van der Waals surface area contributed by atoms with Gasteiger partial charge in [0.05, 0.1) is 7.11 Å². The number of methoxy groups -OCH3 is 1. The lowest BCUT2D eigenvalue weighted by Crippen LogP contribution is -2.32. The van der Waals surface area contributed by atoms with Crippen molar-refractivity contribution in [3.05, 3.63) is 18.2 Å². The van der Waals surface area contributed by atoms with E-state index in [1.54, 1.807) is 19.2 Å². The van der Waals surface area contributed by atoms with Gasteiger partial charge in [-0.15, -0.1) is 0 Å². The second-order valence-electron chi connectivity index (χ2n) is 5.01. The standard InChI is InChI=1S/C14H22N2O2/c1-16-7-5-11(6-8-16)10-15-12-3-4-14(18-2)13(17)9-12/h3-4,9,11,15,17H,5-8,10H2,1-2H3. The predicted octanol–water partition coefficient (Wildman–Crippen LogP) is 2.15. The van der Waals surface area contributed by atoms with Crippen LogP contribution in [-0.4, -0.2) is 43.8 Å². The SMILES string of the molecule is COc1ccc(NCC2CCN(C)CC2)cc1O. The average Bonchev–Trinajstić information content (AvgIpc) is 2.38. The van der Waals surface area contributed by atoms with Crippen LogP contribution in [0.4, 0.5) is 5.69 Å². The molecular formula is C14H22N2O2. The maximum absolute atomic E-state index is 9.69. The van der Waals surface area contributed by atoms with Gasteiger partial charge in [-0.1, -0.05) is 0 Å². The van der Waals surface area contributed by atoms with Crippen LogP contribution in [0.25, 0.3) is 0 Å². The number of piperidine rings is 1. The van der Waals surface area contributed by atoms with Crippen LogP contribution in [0.15, 0.2) is 18.2 Å². The number of anilines is 1. The summed E-state index contributed by atoms with van der Waals surface area (Å²) < 4.78 is 5.02. The third-order valence-electron chi connectivity index (χ3n) is 3.61. The molecule has 18 heavy (non-hydrogen) atoms. The second kappa shape index (κ2) is 5.96. The highest BCUT2D eigenvalue weighted by molar-refractivity contribution is 5.54. The predicted molar refractivity (Wildman–Crippen MR) is 73.4 cm³/mol. The van der Waals surface area contributed by atoms with Gasteiger partial charge in [-0.05, 0) is 51.0 Å². The van der Waals surface area contributed by atoms with Crippen molar-refractivity contribution in [1.29, 1.82) is 0 Å². The molecule has 0 amide bonds. The third-order valence-corrected chi connectivity index (χ3v) is 3.61. The molecule has 4 heteroatoms. The van der Waals surface area contributed by atoms with Gasteiger partial charge < -0.3 is 20.1 Å². The molecule has 0 aromatic heterocycles. The summed E-state index contributed by atoms with van der Waals surface area (Å²) in [5, 5.41) is 13.1. The first-order chi connectivity index (χ1) is 8.69. The lowest BCUT2D eigenvalue weighted by molar-refractivity contribution is 0.226. The van der Waals surface area contributed by atoms with Crippen LogP contribution in [0.2, 0.25) is 0 Å². The number of benzene rings is 1. The molecule has 0 spiro atoms. The maximum Gasteiger partial charge on any atom is 0.160 e. The van der Waals surface area contributed by atoms with E-state index in [0.29, 0.717) is 5.75 Å². The van der Waals surface area contributed by atoms with E-state index in [4.69, 9.17) is 4.74 Å². The minimum atomic E-state index is 0.186. The highest BCUT2D eigenvalue weighted by Gasteiger charge is 2.16. The molecule has 0 saturated carbocycles. The van der Waals surface area contributed by atoms with Crippen molar-refractivity contribution in [2.75, 3.05) is 39.1 Å². The van der Waals surface area contributed by atoms with Gasteiger partial charge in [0.1, 0.15) is 0 Å². The second-order valence-corrected chi connectivity index (χ2v) is 5.01. The van der Waals surface area contributed by atoms with Crippen molar-refractivity contribution in [3.63, 3.8) is 0 Å². The topological polar surface area (TPSA) is 44.7 Å². The Morgan fingerprint density at radius 1 is 1.39 bits per heavy atom. The van der Waals surface area contributed by atoms with Gasteiger partial charge >= 0.3 is 0 Å². The van der Waals surface area contributed by atoms with E-state index in [2.05, 4.69) is 17.3 Å². The first-order valence-corrected chi connectivity index (χ1v) is 6.48. The molecular weight excluding hydrogens is 228 g/mol. The molecule has 1 saturated heterocycles. The summed E-state index contributed by atoms with van der Waals surface area (Å²) in [4.78, 5) is 2.37. The Bertz CT molecular complexity index is 387. The van der Waals surface area contributed by atoms with Crippen molar-refractivity contribution in [3.8, 4) is 11.5 Å². The molecule has 0 aliphatic carbocycles. The smallest absolute Gasteiger partial charge is 0.160 e. The zero-order valence-corrected chi connectivity index (χ0v) is 11.1. The quantitative estimate of drug-likeness (QED) is 0.859. The van der Waals surface area contributed by atoms with Crippen molar-refractivity contribution < 1.29 is 9.84 Å². The van der Waals surface area contributed by atoms with E-state index < -0.39 is 0 Å². The van der Waals surface area contributed by atoms with Gasteiger partial charge in [0.2, 0.25) is 0 Å². The number of aromatic hydroxyl groups is 1. The van der Waals surface area contributed by atoms with E-state index in [1.807, 2.05) is 6.07 Å². The number of phenolic OH excluding ortho intramolecular Hbond substituents is 1. The van der Waals surface area contributed by atoms with Gasteiger partial charge in [0, 0.05) is 18.3 Å². The molecule has 1 aliphatic heterocycles. The Morgan fingerprint density at radius 2 is 2.11 bits per heavy atom. The summed E-state index contributed by atoms with van der Waals surface area (Å²) in [5.41, 5.74) is 0.951. The monoisotopic (exact) mass is 250 g/mol. The molecule has 2 rings (SSSR count). The first-order valence-electron chi connectivity index (χ1n) is 6.48. The van der Waals surface area contributed by atoms with E-state index in [1.165, 1.54) is 25.9 Å². The Balaban J connectivity index is 1.84. The van der Waals surface area contributed by atoms with E-state index in [0.717, 1.165) is 18.2 Å². The molecule has 4 nitrogen and oxygen atoms in total. The van der Waals surface area contributed by atoms with Crippen LogP contribution in [0, 0.1) is 5.92 Å². The Morgan fingerprint density at radius 3 is 2.72 bits per heavy atom. The van der Waals surface area contributed by atoms with Crippen LogP contribution in [0.1, 0.15) is 12.8 Å². The number of nitrogens with one attached hydrogen (secondary N) is 1. The Hall–Kier alpha value is -1.42. The number of phenols is 1. The largest absolute Gasteiger partial charge is 0.504 e. The average molecular weight is 250 g/mol. The molecule has 2 N–H and O–H groups in total. The fraction of sp³-hybridized carbons (Fsp3) is 0.571. The lowest BCUT2D eigenvalue weighted by Gasteiger charge is -2.29. The molecule has 1 fully saturated rings. The van der Waals surface area contributed by atoms with Crippen LogP contribution in [0.5, 0.6) is 11.5 Å². The number of nitrogens with zero attached hydrogens (tertiary/aromatic N) is 1. The zero-order valence-electron chi connectivity index (χ0n) is 11.1. The summed E-state index contributed by atoms with van der Waals surface area (Å²) in [6, 6.07) is 5.44. The van der Waals surface area contributed by atoms with Crippen molar-refractivity contribution in [2.24, 2.45) is 5.92 Å². The van der Waals surface area contributed by atoms with Crippen molar-refractivity contribution in [1.82, 2.24) is 4.90 Å². The molecule has 0 atom stereocenters. The van der Waals surface area contributed by atoms with Gasteiger partial charge in [-0.3, -0.25) is 0 Å². The van der Waals surface area contributed by atoms with E-state index in [-0.39, 0.29) is 5.75 Å². The van der Waals surface area contributed by atoms with E-state index >= 15 is 0 Å². The van der Waals surface area contributed by atoms with Gasteiger partial charge in [0.15, 0.2) is 11.5 Å². The fourth-order valence-electron chi connectivity index (χ4n) is 2.33. The minimum absolute atomic E-state index is 0.186. The van der Waals surface area contributed by atoms with Gasteiger partial charge in [-0.2, -0.15) is 0 Å². The molecule has 0 unspecified atom stereocenters. The summed E-state index contributed by atoms with van der Waals surface area (Å²) in [6.45, 7) is 3.33. The highest BCUT2D eigenvalue weighted by Crippen LogP contribution is 2.28. The normalized spacial score (nSPS) is 17.7. The zero-order chi connectivity index (χ0) is 13.0. The molecule has 1 heterocycles. The summed E-state index contributed by atoms with van der Waals surface area (Å²) in [5.74, 6) is 1.43. The molecule has 0 bridgehead atoms. The van der Waals surface area contributed by atoms with Crippen molar-refractivity contribution >= 4 is 5.69 Å². The Labute approximate surface area is 109 Å². The molecule has 1 aliphatic rings. The first kappa shape index (κ1) is 13.0. The maximum atomic E-state index is 9.69. The highest BCUT2D eigenvalue weighted by atomic mass is 16.5. The summed E-state index contributed by atoms with van der Waals surface area (Å²) >= 11 is 0. The molecule has 100 valence electrons. The molecule has 1 aromatic carbocycles. The number of ether oxygens (including phenoxy) is 1. The number of hydrogen-bond acceptors (Lipinski definition) is 4. The molecule has 0 radical (unpaired) electrons. The molecule has 1 aromatic rings. The van der Waals surface area contributed by atoms with Crippen LogP contribution in [-0.2, 0) is 0 Å².